The SMILES string of the molecule is CC(=O)OC[C@]12C(=C[C@@H](C)[C@H]3[C@@H]4CC[C@H](OC(C)=O)[C@@]4(C)CC[C@@H]31)C[C@@H](O)C[C@@H]2C. The molecule has 0 heterocycles. The summed E-state index contributed by atoms with van der Waals surface area (Å²) in [4.78, 5) is 23.5. The van der Waals surface area contributed by atoms with Crippen molar-refractivity contribution >= 4 is 11.9 Å². The molecule has 0 spiro atoms. The number of aliphatic hydroxyl groups is 1. The lowest BCUT2D eigenvalue weighted by Gasteiger charge is -2.61. The Morgan fingerprint density at radius 1 is 1.13 bits per heavy atom. The monoisotopic (exact) mass is 418 g/mol. The van der Waals surface area contributed by atoms with Crippen molar-refractivity contribution in [2.75, 3.05) is 6.61 Å². The zero-order valence-corrected chi connectivity index (χ0v) is 19.1. The molecule has 0 unspecified atom stereocenters. The normalized spacial score (nSPS) is 47.4. The Morgan fingerprint density at radius 3 is 2.53 bits per heavy atom. The van der Waals surface area contributed by atoms with Crippen molar-refractivity contribution in [2.45, 2.75) is 85.4 Å². The Hall–Kier alpha value is -1.36. The third-order valence-corrected chi connectivity index (χ3v) is 9.36. The van der Waals surface area contributed by atoms with Gasteiger partial charge in [0.25, 0.3) is 0 Å². The Kier molecular flexibility index (Phi) is 5.57. The topological polar surface area (TPSA) is 72.8 Å². The number of carbonyl (C=O) groups excluding carboxylic acids is 2. The standard InChI is InChI=1S/C25H38O5/c1-14-10-18-12-19(28)11-15(2)25(18,13-29-16(3)26)21-8-9-24(5)20(23(14)21)6-7-22(24)30-17(4)27/h10,14-15,19-23,28H,6-9,11-13H2,1-5H3/t14-,15+,19+,20+,21+,22+,23+,24+,25+/m1/s1. The largest absolute Gasteiger partial charge is 0.465 e. The van der Waals surface area contributed by atoms with Gasteiger partial charge < -0.3 is 14.6 Å². The van der Waals surface area contributed by atoms with Gasteiger partial charge in [0.15, 0.2) is 0 Å². The first kappa shape index (κ1) is 21.9. The van der Waals surface area contributed by atoms with Gasteiger partial charge in [0, 0.05) is 24.7 Å². The van der Waals surface area contributed by atoms with Crippen LogP contribution in [0.2, 0.25) is 0 Å². The van der Waals surface area contributed by atoms with E-state index < -0.39 is 0 Å². The van der Waals surface area contributed by atoms with Crippen LogP contribution >= 0.6 is 0 Å². The first-order valence-electron chi connectivity index (χ1n) is 11.8. The van der Waals surface area contributed by atoms with Crippen molar-refractivity contribution in [1.29, 1.82) is 0 Å². The third-order valence-electron chi connectivity index (χ3n) is 9.36. The molecule has 5 nitrogen and oxygen atoms in total. The van der Waals surface area contributed by atoms with E-state index in [0.29, 0.717) is 36.7 Å². The van der Waals surface area contributed by atoms with E-state index in [1.807, 2.05) is 0 Å². The molecule has 4 rings (SSSR count). The van der Waals surface area contributed by atoms with Crippen LogP contribution in [0.3, 0.4) is 0 Å². The second-order valence-corrected chi connectivity index (χ2v) is 10.9. The van der Waals surface area contributed by atoms with E-state index in [0.717, 1.165) is 32.1 Å². The Bertz CT molecular complexity index is 744. The van der Waals surface area contributed by atoms with Crippen LogP contribution in [0.5, 0.6) is 0 Å². The molecular formula is C25H38O5. The minimum absolute atomic E-state index is 0.00791. The zero-order valence-electron chi connectivity index (χ0n) is 19.1. The van der Waals surface area contributed by atoms with Gasteiger partial charge in [-0.05, 0) is 68.1 Å². The molecule has 30 heavy (non-hydrogen) atoms. The van der Waals surface area contributed by atoms with E-state index >= 15 is 0 Å². The summed E-state index contributed by atoms with van der Waals surface area (Å²) < 4.78 is 11.5. The highest BCUT2D eigenvalue weighted by Gasteiger charge is 2.63. The molecule has 1 N–H and O–H groups in total. The van der Waals surface area contributed by atoms with Gasteiger partial charge in [-0.3, -0.25) is 9.59 Å². The molecule has 0 saturated heterocycles. The van der Waals surface area contributed by atoms with Crippen molar-refractivity contribution < 1.29 is 24.2 Å². The molecule has 0 aliphatic heterocycles. The fourth-order valence-electron chi connectivity index (χ4n) is 8.16. The van der Waals surface area contributed by atoms with Crippen LogP contribution < -0.4 is 0 Å². The highest BCUT2D eigenvalue weighted by Crippen LogP contribution is 2.67. The van der Waals surface area contributed by atoms with Gasteiger partial charge in [0.2, 0.25) is 0 Å². The van der Waals surface area contributed by atoms with Crippen molar-refractivity contribution in [3.63, 3.8) is 0 Å². The maximum atomic E-state index is 11.8. The Balaban J connectivity index is 1.73. The number of hydrogen-bond donors (Lipinski definition) is 1. The van der Waals surface area contributed by atoms with Gasteiger partial charge in [-0.15, -0.1) is 0 Å². The van der Waals surface area contributed by atoms with Gasteiger partial charge in [0.1, 0.15) is 12.7 Å². The summed E-state index contributed by atoms with van der Waals surface area (Å²) in [6, 6.07) is 0. The minimum Gasteiger partial charge on any atom is -0.465 e. The number of ether oxygens (including phenoxy) is 2. The average Bonchev–Trinajstić information content (AvgIpc) is 2.96. The second kappa shape index (κ2) is 7.65. The van der Waals surface area contributed by atoms with Crippen molar-refractivity contribution in [3.8, 4) is 0 Å². The minimum atomic E-state index is -0.311. The summed E-state index contributed by atoms with van der Waals surface area (Å²) in [5.41, 5.74) is 1.15. The lowest BCUT2D eigenvalue weighted by atomic mass is 9.43. The fraction of sp³-hybridized carbons (Fsp3) is 0.840. The van der Waals surface area contributed by atoms with E-state index in [-0.39, 0.29) is 40.9 Å². The molecule has 3 fully saturated rings. The summed E-state index contributed by atoms with van der Waals surface area (Å²) in [6.07, 6.45) is 7.66. The van der Waals surface area contributed by atoms with Crippen molar-refractivity contribution in [2.24, 2.45) is 40.4 Å². The molecule has 0 aromatic rings. The van der Waals surface area contributed by atoms with Gasteiger partial charge >= 0.3 is 11.9 Å². The average molecular weight is 419 g/mol. The maximum absolute atomic E-state index is 11.8. The number of esters is 2. The van der Waals surface area contributed by atoms with Crippen LogP contribution in [0.25, 0.3) is 0 Å². The molecule has 4 aliphatic rings. The van der Waals surface area contributed by atoms with E-state index in [4.69, 9.17) is 9.47 Å². The van der Waals surface area contributed by atoms with Crippen LogP contribution in [-0.2, 0) is 19.1 Å². The number of carbonyl (C=O) groups is 2. The van der Waals surface area contributed by atoms with Gasteiger partial charge in [-0.2, -0.15) is 0 Å². The first-order valence-corrected chi connectivity index (χ1v) is 11.8. The summed E-state index contributed by atoms with van der Waals surface area (Å²) >= 11 is 0. The summed E-state index contributed by atoms with van der Waals surface area (Å²) in [5.74, 6) is 1.69. The molecule has 4 aliphatic carbocycles. The number of allylic oxidation sites excluding steroid dienone is 1. The first-order chi connectivity index (χ1) is 14.1. The highest BCUT2D eigenvalue weighted by atomic mass is 16.5. The van der Waals surface area contributed by atoms with E-state index in [9.17, 15) is 14.7 Å². The number of aliphatic hydroxyl groups excluding tert-OH is 1. The zero-order chi connectivity index (χ0) is 21.8. The van der Waals surface area contributed by atoms with E-state index in [1.165, 1.54) is 19.4 Å². The van der Waals surface area contributed by atoms with E-state index in [2.05, 4.69) is 26.8 Å². The lowest BCUT2D eigenvalue weighted by molar-refractivity contribution is -0.164. The van der Waals surface area contributed by atoms with E-state index in [1.54, 1.807) is 0 Å². The molecule has 5 heteroatoms. The number of fused-ring (bicyclic) bond motifs is 5. The predicted octanol–water partition coefficient (Wildman–Crippen LogP) is 4.28. The predicted molar refractivity (Wildman–Crippen MR) is 113 cm³/mol. The quantitative estimate of drug-likeness (QED) is 0.547. The van der Waals surface area contributed by atoms with Gasteiger partial charge in [0.05, 0.1) is 6.10 Å². The molecule has 0 aromatic heterocycles. The molecule has 9 atom stereocenters. The van der Waals surface area contributed by atoms with Crippen LogP contribution in [0.4, 0.5) is 0 Å². The molecule has 3 saturated carbocycles. The van der Waals surface area contributed by atoms with Gasteiger partial charge in [-0.1, -0.05) is 32.4 Å². The van der Waals surface area contributed by atoms with Crippen LogP contribution in [0, 0.1) is 40.4 Å². The molecule has 0 aromatic carbocycles. The second-order valence-electron chi connectivity index (χ2n) is 10.9. The molecule has 0 radical (unpaired) electrons. The fourth-order valence-corrected chi connectivity index (χ4v) is 8.16. The Labute approximate surface area is 180 Å². The van der Waals surface area contributed by atoms with Crippen LogP contribution in [0.1, 0.15) is 73.1 Å². The molecule has 0 bridgehead atoms. The molecular weight excluding hydrogens is 380 g/mol. The smallest absolute Gasteiger partial charge is 0.302 e. The third kappa shape index (κ3) is 3.23. The highest BCUT2D eigenvalue weighted by molar-refractivity contribution is 5.66. The molecule has 0 amide bonds. The van der Waals surface area contributed by atoms with Crippen LogP contribution in [0.15, 0.2) is 11.6 Å². The summed E-state index contributed by atoms with van der Waals surface area (Å²) in [7, 11) is 0. The Morgan fingerprint density at radius 2 is 1.87 bits per heavy atom. The van der Waals surface area contributed by atoms with Gasteiger partial charge in [-0.25, -0.2) is 0 Å². The summed E-state index contributed by atoms with van der Waals surface area (Å²) in [5, 5.41) is 10.5. The lowest BCUT2D eigenvalue weighted by Crippen LogP contribution is -2.58. The van der Waals surface area contributed by atoms with Crippen molar-refractivity contribution in [1.82, 2.24) is 0 Å². The number of hydrogen-bond acceptors (Lipinski definition) is 5. The summed E-state index contributed by atoms with van der Waals surface area (Å²) in [6.45, 7) is 10.3. The number of rotatable bonds is 3. The van der Waals surface area contributed by atoms with Crippen molar-refractivity contribution in [3.05, 3.63) is 11.6 Å². The van der Waals surface area contributed by atoms with Crippen LogP contribution in [-0.4, -0.2) is 35.9 Å². The molecule has 168 valence electrons. The maximum Gasteiger partial charge on any atom is 0.302 e.